The molecule has 4 heteroatoms. The van der Waals surface area contributed by atoms with Crippen LogP contribution in [0.2, 0.25) is 0 Å². The van der Waals surface area contributed by atoms with Crippen molar-refractivity contribution in [3.8, 4) is 33.4 Å². The molecule has 2 aromatic heterocycles. The molecule has 0 spiro atoms. The van der Waals surface area contributed by atoms with Crippen molar-refractivity contribution in [1.29, 1.82) is 0 Å². The van der Waals surface area contributed by atoms with E-state index in [2.05, 4.69) is 97.1 Å². The molecule has 0 radical (unpaired) electrons. The van der Waals surface area contributed by atoms with Crippen molar-refractivity contribution < 1.29 is 8.83 Å². The second-order valence-electron chi connectivity index (χ2n) is 11.0. The van der Waals surface area contributed by atoms with Gasteiger partial charge >= 0.3 is 0 Å². The molecular weight excluding hydrogens is 516 g/mol. The first-order chi connectivity index (χ1) is 20.8. The van der Waals surface area contributed by atoms with Gasteiger partial charge in [-0.3, -0.25) is 9.97 Å². The predicted molar refractivity (Wildman–Crippen MR) is 170 cm³/mol. The van der Waals surface area contributed by atoms with E-state index in [1.54, 1.807) is 0 Å². The highest BCUT2D eigenvalue weighted by molar-refractivity contribution is 6.24. The Bertz CT molecular complexity index is 2450. The van der Waals surface area contributed by atoms with E-state index in [9.17, 15) is 0 Å². The molecule has 0 bridgehead atoms. The molecule has 0 fully saturated rings. The molecule has 0 atom stereocenters. The molecule has 6 aromatic carbocycles. The van der Waals surface area contributed by atoms with Crippen LogP contribution < -0.4 is 0 Å². The Morgan fingerprint density at radius 2 is 0.881 bits per heavy atom. The summed E-state index contributed by atoms with van der Waals surface area (Å²) in [7, 11) is 0. The zero-order valence-corrected chi connectivity index (χ0v) is 22.3. The highest BCUT2D eigenvalue weighted by Gasteiger charge is 2.25. The Hall–Kier alpha value is -5.74. The van der Waals surface area contributed by atoms with Gasteiger partial charge in [0.25, 0.3) is 0 Å². The summed E-state index contributed by atoms with van der Waals surface area (Å²) in [5.74, 6) is 0. The average molecular weight is 537 g/mol. The number of aromatic nitrogens is 2. The third-order valence-corrected chi connectivity index (χ3v) is 8.66. The predicted octanol–water partition coefficient (Wildman–Crippen LogP) is 10.5. The minimum absolute atomic E-state index is 0.838. The minimum atomic E-state index is 0.838. The molecule has 0 amide bonds. The van der Waals surface area contributed by atoms with E-state index >= 15 is 0 Å². The van der Waals surface area contributed by atoms with Crippen LogP contribution in [0, 0.1) is 0 Å². The third-order valence-electron chi connectivity index (χ3n) is 8.66. The van der Waals surface area contributed by atoms with Gasteiger partial charge in [-0.05, 0) is 70.4 Å². The van der Waals surface area contributed by atoms with Crippen LogP contribution in [0.1, 0.15) is 0 Å². The molecule has 0 unspecified atom stereocenters. The topological polar surface area (TPSA) is 52.1 Å². The molecule has 0 saturated heterocycles. The summed E-state index contributed by atoms with van der Waals surface area (Å²) in [4.78, 5) is 9.40. The van der Waals surface area contributed by atoms with Crippen LogP contribution >= 0.6 is 0 Å². The van der Waals surface area contributed by atoms with Gasteiger partial charge in [0.15, 0.2) is 0 Å². The fraction of sp³-hybridized carbons (Fsp3) is 0. The number of fused-ring (bicyclic) bond motifs is 2. The van der Waals surface area contributed by atoms with Crippen molar-refractivity contribution >= 4 is 65.7 Å². The Labute approximate surface area is 239 Å². The quantitative estimate of drug-likeness (QED) is 0.163. The van der Waals surface area contributed by atoms with Gasteiger partial charge in [0.2, 0.25) is 0 Å². The first-order valence-corrected chi connectivity index (χ1v) is 14.1. The van der Waals surface area contributed by atoms with Gasteiger partial charge in [-0.2, -0.15) is 0 Å². The Morgan fingerprint density at radius 3 is 1.38 bits per heavy atom. The Balaban J connectivity index is 1.27. The number of para-hydroxylation sites is 2. The van der Waals surface area contributed by atoms with E-state index in [0.717, 1.165) is 99.1 Å². The fourth-order valence-electron chi connectivity index (χ4n) is 6.87. The number of pyridine rings is 2. The van der Waals surface area contributed by atoms with Gasteiger partial charge in [0.1, 0.15) is 22.3 Å². The lowest BCUT2D eigenvalue weighted by molar-refractivity contribution is 0.646. The molecule has 4 heterocycles. The lowest BCUT2D eigenvalue weighted by atomic mass is 9.88. The first-order valence-electron chi connectivity index (χ1n) is 14.1. The monoisotopic (exact) mass is 536 g/mol. The molecular formula is C38H20N2O2. The number of hydrogen-bond acceptors (Lipinski definition) is 4. The molecule has 10 rings (SSSR count). The zero-order valence-electron chi connectivity index (χ0n) is 22.3. The van der Waals surface area contributed by atoms with E-state index in [-0.39, 0.29) is 0 Å². The van der Waals surface area contributed by atoms with Crippen LogP contribution in [0.25, 0.3) is 99.1 Å². The number of rotatable bonds is 2. The number of hydrogen-bond donors (Lipinski definition) is 0. The van der Waals surface area contributed by atoms with Crippen LogP contribution in [0.15, 0.2) is 130 Å². The summed E-state index contributed by atoms with van der Waals surface area (Å²) in [6, 6.07) is 38.0. The maximum absolute atomic E-state index is 6.70. The molecule has 42 heavy (non-hydrogen) atoms. The molecule has 2 aliphatic rings. The minimum Gasteiger partial charge on any atom is -0.456 e. The maximum Gasteiger partial charge on any atom is 0.136 e. The number of benzene rings is 6. The van der Waals surface area contributed by atoms with Crippen LogP contribution in [0.5, 0.6) is 0 Å². The molecule has 8 aromatic rings. The van der Waals surface area contributed by atoms with Crippen molar-refractivity contribution in [2.24, 2.45) is 0 Å². The van der Waals surface area contributed by atoms with Crippen molar-refractivity contribution in [1.82, 2.24) is 9.97 Å². The second kappa shape index (κ2) is 7.93. The van der Waals surface area contributed by atoms with E-state index in [0.29, 0.717) is 0 Å². The molecule has 0 N–H and O–H groups in total. The van der Waals surface area contributed by atoms with E-state index in [4.69, 9.17) is 18.8 Å². The lowest BCUT2D eigenvalue weighted by Crippen LogP contribution is -1.96. The third kappa shape index (κ3) is 2.90. The summed E-state index contributed by atoms with van der Waals surface area (Å²) in [5.41, 5.74) is 11.9. The maximum atomic E-state index is 6.70. The Kier molecular flexibility index (Phi) is 4.15. The summed E-state index contributed by atoms with van der Waals surface area (Å²) < 4.78 is 13.4. The van der Waals surface area contributed by atoms with Gasteiger partial charge in [-0.1, -0.05) is 60.7 Å². The van der Waals surface area contributed by atoms with E-state index < -0.39 is 0 Å². The van der Waals surface area contributed by atoms with Crippen LogP contribution in [0.4, 0.5) is 0 Å². The number of nitrogens with zero attached hydrogens (tertiary/aromatic N) is 2. The average Bonchev–Trinajstić information content (AvgIpc) is 3.05. The summed E-state index contributed by atoms with van der Waals surface area (Å²) >= 11 is 0. The van der Waals surface area contributed by atoms with E-state index in [1.807, 2.05) is 24.5 Å². The summed E-state index contributed by atoms with van der Waals surface area (Å²) in [6.07, 6.45) is 3.70. The summed E-state index contributed by atoms with van der Waals surface area (Å²) in [6.45, 7) is 0. The van der Waals surface area contributed by atoms with Gasteiger partial charge in [-0.25, -0.2) is 0 Å². The van der Waals surface area contributed by atoms with Gasteiger partial charge in [0, 0.05) is 56.2 Å². The fourth-order valence-corrected chi connectivity index (χ4v) is 6.87. The second-order valence-corrected chi connectivity index (χ2v) is 11.0. The highest BCUT2D eigenvalue weighted by atomic mass is 16.3. The van der Waals surface area contributed by atoms with Crippen molar-refractivity contribution in [2.75, 3.05) is 0 Å². The van der Waals surface area contributed by atoms with Crippen molar-refractivity contribution in [3.05, 3.63) is 122 Å². The molecule has 0 aliphatic carbocycles. The molecule has 4 nitrogen and oxygen atoms in total. The standard InChI is InChI=1S/C38H20N2O2/c1-5-21-7-3-15-39-37(21)27(9-1)25-17-23-11-13-30-35-33(23)31(19-25)41-29-14-12-24-18-26(20-32(42-30)34(24)36(29)35)28-10-2-6-22-8-4-16-40-38(22)28/h1-20H. The van der Waals surface area contributed by atoms with Gasteiger partial charge in [-0.15, -0.1) is 0 Å². The Morgan fingerprint density at radius 1 is 0.405 bits per heavy atom. The highest BCUT2D eigenvalue weighted by Crippen LogP contribution is 2.49. The smallest absolute Gasteiger partial charge is 0.136 e. The normalized spacial score (nSPS) is 12.3. The van der Waals surface area contributed by atoms with Crippen molar-refractivity contribution in [2.45, 2.75) is 0 Å². The van der Waals surface area contributed by atoms with Gasteiger partial charge in [0.05, 0.1) is 11.0 Å². The molecule has 0 saturated carbocycles. The largest absolute Gasteiger partial charge is 0.456 e. The SMILES string of the molecule is c1cnc2c(-c3cc4ccc5oc6cc(-c7cccc8cccnc78)cc7ccc8oc(c3)c4c5-c8c76)cccc2c1. The molecule has 194 valence electrons. The molecule has 2 aliphatic heterocycles. The van der Waals surface area contributed by atoms with E-state index in [1.165, 1.54) is 0 Å². The zero-order chi connectivity index (χ0) is 27.4. The van der Waals surface area contributed by atoms with Crippen LogP contribution in [-0.4, -0.2) is 9.97 Å². The van der Waals surface area contributed by atoms with Gasteiger partial charge < -0.3 is 8.83 Å². The van der Waals surface area contributed by atoms with Crippen LogP contribution in [0.3, 0.4) is 0 Å². The first kappa shape index (κ1) is 22.0. The summed E-state index contributed by atoms with van der Waals surface area (Å²) in [5, 5.41) is 6.62. The van der Waals surface area contributed by atoms with Crippen molar-refractivity contribution in [3.63, 3.8) is 0 Å². The van der Waals surface area contributed by atoms with Crippen LogP contribution in [-0.2, 0) is 0 Å². The lowest BCUT2D eigenvalue weighted by Gasteiger charge is -2.21.